The van der Waals surface area contributed by atoms with Crippen molar-refractivity contribution in [1.82, 2.24) is 0 Å². The standard InChI is InChI=1S/C24H29F2NO9/c1-14(2)18-7-6-16(13-35-15(3)28)10-19(18)22-20(29)11-17(12-21(22)30)24(25,26)23(31)34-8-4-5-9-36-27(32)33/h10-12,18-19,29-30H,1,4-9,13H2,2-3H3/t18-,19+/m1/s1. The number of halogens is 2. The molecule has 12 heteroatoms. The van der Waals surface area contributed by atoms with Crippen molar-refractivity contribution in [3.63, 3.8) is 0 Å². The van der Waals surface area contributed by atoms with E-state index in [1.54, 1.807) is 13.0 Å². The van der Waals surface area contributed by atoms with E-state index in [-0.39, 0.29) is 37.5 Å². The molecule has 1 aromatic carbocycles. The van der Waals surface area contributed by atoms with E-state index in [2.05, 4.69) is 16.2 Å². The molecule has 0 amide bonds. The summed E-state index contributed by atoms with van der Waals surface area (Å²) in [7, 11) is 0. The normalized spacial score (nSPS) is 17.6. The Morgan fingerprint density at radius 3 is 2.33 bits per heavy atom. The highest BCUT2D eigenvalue weighted by atomic mass is 19.3. The Bertz CT molecular complexity index is 1020. The van der Waals surface area contributed by atoms with Crippen LogP contribution in [0.1, 0.15) is 56.6 Å². The lowest BCUT2D eigenvalue weighted by atomic mass is 9.73. The predicted molar refractivity (Wildman–Crippen MR) is 122 cm³/mol. The molecule has 0 bridgehead atoms. The molecule has 2 rings (SSSR count). The van der Waals surface area contributed by atoms with Crippen molar-refractivity contribution in [2.24, 2.45) is 5.92 Å². The van der Waals surface area contributed by atoms with E-state index in [0.29, 0.717) is 25.0 Å². The number of benzene rings is 1. The van der Waals surface area contributed by atoms with E-state index in [9.17, 15) is 38.7 Å². The number of carbonyl (C=O) groups is 2. The van der Waals surface area contributed by atoms with Gasteiger partial charge in [-0.2, -0.15) is 8.78 Å². The summed E-state index contributed by atoms with van der Waals surface area (Å²) in [6.07, 6.45) is 3.03. The van der Waals surface area contributed by atoms with Crippen LogP contribution in [-0.2, 0) is 29.8 Å². The van der Waals surface area contributed by atoms with Gasteiger partial charge in [0.25, 0.3) is 5.09 Å². The monoisotopic (exact) mass is 513 g/mol. The van der Waals surface area contributed by atoms with Crippen molar-refractivity contribution in [3.05, 3.63) is 57.2 Å². The molecule has 0 saturated heterocycles. The van der Waals surface area contributed by atoms with Crippen LogP contribution in [0.5, 0.6) is 11.5 Å². The fourth-order valence-electron chi connectivity index (χ4n) is 3.99. The maximum atomic E-state index is 14.7. The number of phenolic OH excluding ortho intramolecular Hbond substituents is 2. The first kappa shape index (κ1) is 28.5. The summed E-state index contributed by atoms with van der Waals surface area (Å²) < 4.78 is 39.0. The van der Waals surface area contributed by atoms with Crippen LogP contribution >= 0.6 is 0 Å². The highest BCUT2D eigenvalue weighted by molar-refractivity contribution is 5.80. The Morgan fingerprint density at radius 2 is 1.78 bits per heavy atom. The summed E-state index contributed by atoms with van der Waals surface area (Å²) in [5.74, 6) is -8.68. The minimum atomic E-state index is -4.18. The Hall–Kier alpha value is -3.70. The van der Waals surface area contributed by atoms with Crippen LogP contribution in [0.25, 0.3) is 0 Å². The maximum Gasteiger partial charge on any atom is 0.381 e. The molecule has 0 aromatic heterocycles. The first-order valence-electron chi connectivity index (χ1n) is 11.2. The fourth-order valence-corrected chi connectivity index (χ4v) is 3.99. The van der Waals surface area contributed by atoms with E-state index in [1.807, 2.05) is 0 Å². The number of allylic oxidation sites excluding steroid dienone is 2. The van der Waals surface area contributed by atoms with Gasteiger partial charge in [-0.05, 0) is 56.2 Å². The molecule has 198 valence electrons. The van der Waals surface area contributed by atoms with Crippen molar-refractivity contribution < 1.29 is 48.0 Å². The van der Waals surface area contributed by atoms with E-state index in [1.165, 1.54) is 6.92 Å². The van der Waals surface area contributed by atoms with Crippen LogP contribution in [0.2, 0.25) is 0 Å². The second kappa shape index (κ2) is 12.3. The second-order valence-electron chi connectivity index (χ2n) is 8.52. The molecular weight excluding hydrogens is 484 g/mol. The molecule has 1 aliphatic rings. The number of carbonyl (C=O) groups excluding carboxylic acids is 2. The Labute approximate surface area is 206 Å². The lowest BCUT2D eigenvalue weighted by Crippen LogP contribution is -2.29. The molecular formula is C24H29F2NO9. The molecule has 36 heavy (non-hydrogen) atoms. The zero-order valence-electron chi connectivity index (χ0n) is 20.0. The summed E-state index contributed by atoms with van der Waals surface area (Å²) in [5, 5.41) is 30.3. The number of alkyl halides is 2. The number of hydrogen-bond donors (Lipinski definition) is 2. The summed E-state index contributed by atoms with van der Waals surface area (Å²) in [4.78, 5) is 37.3. The van der Waals surface area contributed by atoms with Gasteiger partial charge in [0.05, 0.1) is 13.2 Å². The molecule has 0 radical (unpaired) electrons. The topological polar surface area (TPSA) is 145 Å². The summed E-state index contributed by atoms with van der Waals surface area (Å²) in [6, 6.07) is 1.40. The smallest absolute Gasteiger partial charge is 0.381 e. The number of esters is 2. The Balaban J connectivity index is 2.23. The molecule has 2 N–H and O–H groups in total. The fraction of sp³-hybridized carbons (Fsp3) is 0.500. The minimum Gasteiger partial charge on any atom is -0.507 e. The van der Waals surface area contributed by atoms with Crippen molar-refractivity contribution in [2.75, 3.05) is 19.8 Å². The van der Waals surface area contributed by atoms with Crippen molar-refractivity contribution in [1.29, 1.82) is 0 Å². The lowest BCUT2D eigenvalue weighted by Gasteiger charge is -2.32. The van der Waals surface area contributed by atoms with Crippen LogP contribution in [0, 0.1) is 16.0 Å². The van der Waals surface area contributed by atoms with E-state index < -0.39 is 52.5 Å². The van der Waals surface area contributed by atoms with Gasteiger partial charge < -0.3 is 24.5 Å². The number of phenols is 2. The van der Waals surface area contributed by atoms with E-state index in [4.69, 9.17) is 4.74 Å². The molecule has 0 fully saturated rings. The Morgan fingerprint density at radius 1 is 1.17 bits per heavy atom. The third-order valence-electron chi connectivity index (χ3n) is 5.78. The van der Waals surface area contributed by atoms with E-state index in [0.717, 1.165) is 11.1 Å². The van der Waals surface area contributed by atoms with Gasteiger partial charge in [0.1, 0.15) is 18.1 Å². The van der Waals surface area contributed by atoms with Gasteiger partial charge in [0.2, 0.25) is 0 Å². The number of hydrogen-bond acceptors (Lipinski definition) is 9. The highest BCUT2D eigenvalue weighted by Crippen LogP contribution is 2.48. The highest BCUT2D eigenvalue weighted by Gasteiger charge is 2.44. The molecule has 2 atom stereocenters. The van der Waals surface area contributed by atoms with Crippen LogP contribution in [0.3, 0.4) is 0 Å². The predicted octanol–water partition coefficient (Wildman–Crippen LogP) is 4.28. The number of unbranched alkanes of at least 4 members (excludes halogenated alkanes) is 1. The second-order valence-corrected chi connectivity index (χ2v) is 8.52. The van der Waals surface area contributed by atoms with Crippen molar-refractivity contribution >= 4 is 11.9 Å². The van der Waals surface area contributed by atoms with Gasteiger partial charge in [-0.1, -0.05) is 18.2 Å². The van der Waals surface area contributed by atoms with Crippen LogP contribution in [-0.4, -0.2) is 47.1 Å². The van der Waals surface area contributed by atoms with Crippen LogP contribution in [0.15, 0.2) is 35.9 Å². The summed E-state index contributed by atoms with van der Waals surface area (Å²) in [6.45, 7) is 6.32. The zero-order chi connectivity index (χ0) is 27.0. The van der Waals surface area contributed by atoms with Gasteiger partial charge in [0, 0.05) is 24.0 Å². The SMILES string of the molecule is C=C(C)[C@H]1CCC(COC(C)=O)=C[C@@H]1c1c(O)cc(C(F)(F)C(=O)OCCCCO[N+](=O)[O-])cc1O. The molecule has 1 aliphatic carbocycles. The third kappa shape index (κ3) is 7.40. The molecule has 0 unspecified atom stereocenters. The third-order valence-corrected chi connectivity index (χ3v) is 5.78. The van der Waals surface area contributed by atoms with Crippen molar-refractivity contribution in [3.8, 4) is 11.5 Å². The quantitative estimate of drug-likeness (QED) is 0.137. The molecule has 10 nitrogen and oxygen atoms in total. The molecule has 1 aromatic rings. The molecule has 0 aliphatic heterocycles. The van der Waals surface area contributed by atoms with E-state index >= 15 is 0 Å². The van der Waals surface area contributed by atoms with Crippen molar-refractivity contribution in [2.45, 2.75) is 51.4 Å². The summed E-state index contributed by atoms with van der Waals surface area (Å²) in [5.41, 5.74) is 0.521. The lowest BCUT2D eigenvalue weighted by molar-refractivity contribution is -0.757. The van der Waals surface area contributed by atoms with Gasteiger partial charge in [0.15, 0.2) is 0 Å². The average Bonchev–Trinajstić information content (AvgIpc) is 2.78. The summed E-state index contributed by atoms with van der Waals surface area (Å²) >= 11 is 0. The van der Waals surface area contributed by atoms with Crippen LogP contribution < -0.4 is 0 Å². The number of ether oxygens (including phenoxy) is 2. The molecule has 0 spiro atoms. The largest absolute Gasteiger partial charge is 0.507 e. The number of aromatic hydroxyl groups is 2. The zero-order valence-corrected chi connectivity index (χ0v) is 20.0. The number of rotatable bonds is 12. The van der Waals surface area contributed by atoms with Crippen LogP contribution in [0.4, 0.5) is 8.78 Å². The maximum absolute atomic E-state index is 14.7. The van der Waals surface area contributed by atoms with Gasteiger partial charge in [-0.15, -0.1) is 10.1 Å². The average molecular weight is 513 g/mol. The van der Waals surface area contributed by atoms with Gasteiger partial charge in [-0.25, -0.2) is 4.79 Å². The number of nitrogens with zero attached hydrogens (tertiary/aromatic N) is 1. The van der Waals surface area contributed by atoms with Gasteiger partial charge in [-0.3, -0.25) is 4.79 Å². The molecule has 0 saturated carbocycles. The first-order valence-corrected chi connectivity index (χ1v) is 11.2. The Kier molecular flexibility index (Phi) is 9.76. The molecule has 0 heterocycles. The van der Waals surface area contributed by atoms with Gasteiger partial charge >= 0.3 is 17.9 Å². The minimum absolute atomic E-state index is 0.0123. The first-order chi connectivity index (χ1) is 16.8.